The number of ether oxygens (including phenoxy) is 1. The van der Waals surface area contributed by atoms with E-state index in [1.165, 1.54) is 6.07 Å². The molecule has 1 heterocycles. The average Bonchev–Trinajstić information content (AvgIpc) is 2.08. The molecule has 0 radical (unpaired) electrons. The van der Waals surface area contributed by atoms with Gasteiger partial charge in [0.15, 0.2) is 0 Å². The highest BCUT2D eigenvalue weighted by Crippen LogP contribution is 2.36. The minimum Gasteiger partial charge on any atom is -0.379 e. The molecule has 1 aromatic rings. The maximum atomic E-state index is 13.6. The Balaban J connectivity index is 2.47. The zero-order valence-electron chi connectivity index (χ0n) is 8.47. The van der Waals surface area contributed by atoms with E-state index in [2.05, 4.69) is 0 Å². The van der Waals surface area contributed by atoms with Crippen LogP contribution in [0.15, 0.2) is 18.2 Å². The van der Waals surface area contributed by atoms with Crippen LogP contribution in [0.25, 0.3) is 0 Å². The van der Waals surface area contributed by atoms with Crippen molar-refractivity contribution in [3.63, 3.8) is 0 Å². The van der Waals surface area contributed by atoms with Gasteiger partial charge in [0.05, 0.1) is 18.6 Å². The highest BCUT2D eigenvalue weighted by atomic mass is 19.1. The summed E-state index contributed by atoms with van der Waals surface area (Å²) in [6, 6.07) is 3.18. The second-order valence-corrected chi connectivity index (χ2v) is 4.06. The molecule has 1 unspecified atom stereocenters. The van der Waals surface area contributed by atoms with Gasteiger partial charge in [0, 0.05) is 11.6 Å². The summed E-state index contributed by atoms with van der Waals surface area (Å²) in [5, 5.41) is 0. The van der Waals surface area contributed by atoms with E-state index in [0.29, 0.717) is 18.8 Å². The van der Waals surface area contributed by atoms with Gasteiger partial charge in [0.25, 0.3) is 0 Å². The topological polar surface area (TPSA) is 35.2 Å². The van der Waals surface area contributed by atoms with Gasteiger partial charge < -0.3 is 10.5 Å². The average molecular weight is 213 g/mol. The molecule has 1 aliphatic rings. The van der Waals surface area contributed by atoms with Crippen molar-refractivity contribution in [2.24, 2.45) is 5.73 Å². The standard InChI is InChI=1S/C11H13F2NO/c1-7(14)11(5-15-6-11)9-4-8(12)2-3-10(9)13/h2-4,7H,5-6,14H2,1H3. The summed E-state index contributed by atoms with van der Waals surface area (Å²) in [6.07, 6.45) is 0. The second kappa shape index (κ2) is 3.54. The molecule has 0 aromatic heterocycles. The summed E-state index contributed by atoms with van der Waals surface area (Å²) in [5.41, 5.74) is 5.57. The quantitative estimate of drug-likeness (QED) is 0.809. The minimum atomic E-state index is -0.563. The van der Waals surface area contributed by atoms with Crippen LogP contribution in [-0.2, 0) is 10.2 Å². The lowest BCUT2D eigenvalue weighted by Gasteiger charge is -2.45. The number of rotatable bonds is 2. The predicted octanol–water partition coefficient (Wildman–Crippen LogP) is 1.58. The molecule has 1 aromatic carbocycles. The maximum Gasteiger partial charge on any atom is 0.127 e. The molecule has 0 spiro atoms. The van der Waals surface area contributed by atoms with Gasteiger partial charge in [-0.3, -0.25) is 0 Å². The van der Waals surface area contributed by atoms with Crippen molar-refractivity contribution in [2.45, 2.75) is 18.4 Å². The van der Waals surface area contributed by atoms with Crippen molar-refractivity contribution in [1.82, 2.24) is 0 Å². The number of benzene rings is 1. The number of hydrogen-bond donors (Lipinski definition) is 1. The highest BCUT2D eigenvalue weighted by molar-refractivity contribution is 5.32. The van der Waals surface area contributed by atoms with E-state index in [0.717, 1.165) is 12.1 Å². The van der Waals surface area contributed by atoms with Gasteiger partial charge in [-0.1, -0.05) is 0 Å². The van der Waals surface area contributed by atoms with Crippen LogP contribution in [0.5, 0.6) is 0 Å². The first-order valence-corrected chi connectivity index (χ1v) is 4.85. The Hall–Kier alpha value is -1.00. The van der Waals surface area contributed by atoms with Gasteiger partial charge in [-0.15, -0.1) is 0 Å². The molecular formula is C11H13F2NO. The van der Waals surface area contributed by atoms with Crippen LogP contribution in [0.4, 0.5) is 8.78 Å². The summed E-state index contributed by atoms with van der Waals surface area (Å²) in [5.74, 6) is -0.865. The molecule has 0 aliphatic carbocycles. The Morgan fingerprint density at radius 2 is 2.07 bits per heavy atom. The van der Waals surface area contributed by atoms with E-state index < -0.39 is 17.0 Å². The molecular weight excluding hydrogens is 200 g/mol. The summed E-state index contributed by atoms with van der Waals surface area (Å²) < 4.78 is 31.7. The van der Waals surface area contributed by atoms with Crippen molar-refractivity contribution in [3.8, 4) is 0 Å². The fourth-order valence-electron chi connectivity index (χ4n) is 1.86. The van der Waals surface area contributed by atoms with Crippen LogP contribution < -0.4 is 5.73 Å². The molecule has 0 saturated carbocycles. The Labute approximate surface area is 87.0 Å². The fourth-order valence-corrected chi connectivity index (χ4v) is 1.86. The van der Waals surface area contributed by atoms with Crippen LogP contribution in [0.2, 0.25) is 0 Å². The molecule has 1 atom stereocenters. The number of halogens is 2. The molecule has 0 bridgehead atoms. The first-order chi connectivity index (χ1) is 7.06. The first-order valence-electron chi connectivity index (χ1n) is 4.85. The Bertz CT molecular complexity index is 375. The van der Waals surface area contributed by atoms with E-state index in [-0.39, 0.29) is 6.04 Å². The van der Waals surface area contributed by atoms with Crippen LogP contribution in [0.3, 0.4) is 0 Å². The third-order valence-electron chi connectivity index (χ3n) is 3.06. The van der Waals surface area contributed by atoms with Gasteiger partial charge in [-0.25, -0.2) is 8.78 Å². The minimum absolute atomic E-state index is 0.262. The van der Waals surface area contributed by atoms with Gasteiger partial charge in [-0.05, 0) is 25.1 Å². The molecule has 1 saturated heterocycles. The molecule has 2 nitrogen and oxygen atoms in total. The van der Waals surface area contributed by atoms with E-state index in [1.54, 1.807) is 6.92 Å². The lowest BCUT2D eigenvalue weighted by Crippen LogP contribution is -2.58. The van der Waals surface area contributed by atoms with Crippen LogP contribution in [0, 0.1) is 11.6 Å². The first kappa shape index (κ1) is 10.5. The van der Waals surface area contributed by atoms with Crippen molar-refractivity contribution in [3.05, 3.63) is 35.4 Å². The smallest absolute Gasteiger partial charge is 0.127 e. The molecule has 1 aliphatic heterocycles. The van der Waals surface area contributed by atoms with Crippen molar-refractivity contribution < 1.29 is 13.5 Å². The molecule has 2 rings (SSSR count). The normalized spacial score (nSPS) is 20.8. The fraction of sp³-hybridized carbons (Fsp3) is 0.455. The molecule has 15 heavy (non-hydrogen) atoms. The lowest BCUT2D eigenvalue weighted by molar-refractivity contribution is -0.0718. The van der Waals surface area contributed by atoms with Crippen LogP contribution >= 0.6 is 0 Å². The SMILES string of the molecule is CC(N)C1(c2cc(F)ccc2F)COC1. The monoisotopic (exact) mass is 213 g/mol. The van der Waals surface area contributed by atoms with E-state index in [9.17, 15) is 8.78 Å². The lowest BCUT2D eigenvalue weighted by atomic mass is 9.73. The van der Waals surface area contributed by atoms with E-state index in [4.69, 9.17) is 10.5 Å². The summed E-state index contributed by atoms with van der Waals surface area (Å²) in [6.45, 7) is 2.49. The van der Waals surface area contributed by atoms with Crippen molar-refractivity contribution in [1.29, 1.82) is 0 Å². The van der Waals surface area contributed by atoms with Crippen molar-refractivity contribution in [2.75, 3.05) is 13.2 Å². The number of hydrogen-bond acceptors (Lipinski definition) is 2. The third kappa shape index (κ3) is 1.54. The van der Waals surface area contributed by atoms with Gasteiger partial charge in [-0.2, -0.15) is 0 Å². The van der Waals surface area contributed by atoms with Gasteiger partial charge >= 0.3 is 0 Å². The predicted molar refractivity (Wildman–Crippen MR) is 52.5 cm³/mol. The molecule has 1 fully saturated rings. The highest BCUT2D eigenvalue weighted by Gasteiger charge is 2.45. The van der Waals surface area contributed by atoms with Gasteiger partial charge in [0.1, 0.15) is 11.6 Å². The van der Waals surface area contributed by atoms with Crippen LogP contribution in [0.1, 0.15) is 12.5 Å². The summed E-state index contributed by atoms with van der Waals surface area (Å²) in [4.78, 5) is 0. The maximum absolute atomic E-state index is 13.6. The molecule has 2 N–H and O–H groups in total. The molecule has 0 amide bonds. The Morgan fingerprint density at radius 3 is 2.53 bits per heavy atom. The van der Waals surface area contributed by atoms with E-state index >= 15 is 0 Å². The number of nitrogens with two attached hydrogens (primary N) is 1. The zero-order valence-corrected chi connectivity index (χ0v) is 8.47. The Kier molecular flexibility index (Phi) is 2.48. The van der Waals surface area contributed by atoms with Crippen LogP contribution in [-0.4, -0.2) is 19.3 Å². The third-order valence-corrected chi connectivity index (χ3v) is 3.06. The largest absolute Gasteiger partial charge is 0.379 e. The van der Waals surface area contributed by atoms with E-state index in [1.807, 2.05) is 0 Å². The summed E-state index contributed by atoms with van der Waals surface area (Å²) in [7, 11) is 0. The Morgan fingerprint density at radius 1 is 1.40 bits per heavy atom. The summed E-state index contributed by atoms with van der Waals surface area (Å²) >= 11 is 0. The van der Waals surface area contributed by atoms with Crippen molar-refractivity contribution >= 4 is 0 Å². The molecule has 4 heteroatoms. The zero-order chi connectivity index (χ0) is 11.1. The molecule has 82 valence electrons. The second-order valence-electron chi connectivity index (χ2n) is 4.06. The van der Waals surface area contributed by atoms with Gasteiger partial charge in [0.2, 0.25) is 0 Å².